The smallest absolute Gasteiger partial charge is 0.408 e. The Morgan fingerprint density at radius 3 is 2.41 bits per heavy atom. The minimum Gasteiger partial charge on any atom is -0.444 e. The molecule has 1 amide bonds. The maximum atomic E-state index is 12.7. The molecule has 0 heterocycles. The van der Waals surface area contributed by atoms with Gasteiger partial charge in [0.15, 0.2) is 5.78 Å². The lowest BCUT2D eigenvalue weighted by Crippen LogP contribution is -2.35. The number of ether oxygens (including phenoxy) is 1. The van der Waals surface area contributed by atoms with E-state index in [0.717, 1.165) is 17.5 Å². The number of hydrogen-bond acceptors (Lipinski definition) is 3. The predicted octanol–water partition coefficient (Wildman–Crippen LogP) is 6.44. The first-order valence-electron chi connectivity index (χ1n) is 9.97. The van der Waals surface area contributed by atoms with E-state index < -0.39 is 11.7 Å². The molecule has 2 rings (SSSR count). The Labute approximate surface area is 178 Å². The van der Waals surface area contributed by atoms with E-state index in [1.807, 2.05) is 33.8 Å². The molecule has 0 fully saturated rings. The van der Waals surface area contributed by atoms with Crippen LogP contribution in [0.2, 0.25) is 5.02 Å². The Morgan fingerprint density at radius 1 is 1.14 bits per heavy atom. The van der Waals surface area contributed by atoms with Gasteiger partial charge in [-0.2, -0.15) is 0 Å². The molecular weight excluding hydrogens is 386 g/mol. The van der Waals surface area contributed by atoms with Crippen LogP contribution in [0.1, 0.15) is 73.6 Å². The number of Topliss-reactive ketones (excluding diaryl/α,β-unsaturated/α-hetero) is 1. The monoisotopic (exact) mass is 415 g/mol. The summed E-state index contributed by atoms with van der Waals surface area (Å²) in [6.07, 6.45) is 1.16. The number of ketones is 1. The molecule has 4 nitrogen and oxygen atoms in total. The van der Waals surface area contributed by atoms with E-state index >= 15 is 0 Å². The molecule has 0 aliphatic rings. The summed E-state index contributed by atoms with van der Waals surface area (Å²) in [5, 5.41) is 3.39. The topological polar surface area (TPSA) is 55.4 Å². The van der Waals surface area contributed by atoms with Crippen LogP contribution in [0.25, 0.3) is 0 Å². The van der Waals surface area contributed by atoms with Gasteiger partial charge in [0.25, 0.3) is 0 Å². The molecule has 0 spiro atoms. The molecule has 5 heteroatoms. The quantitative estimate of drug-likeness (QED) is 0.529. The summed E-state index contributed by atoms with van der Waals surface area (Å²) in [6.45, 7) is 9.60. The predicted molar refractivity (Wildman–Crippen MR) is 118 cm³/mol. The summed E-state index contributed by atoms with van der Waals surface area (Å²) in [5.41, 5.74) is 3.21. The van der Waals surface area contributed by atoms with E-state index in [9.17, 15) is 9.59 Å². The minimum atomic E-state index is -0.594. The average Bonchev–Trinajstić information content (AvgIpc) is 2.63. The molecule has 2 aromatic rings. The zero-order valence-corrected chi connectivity index (χ0v) is 18.6. The summed E-state index contributed by atoms with van der Waals surface area (Å²) in [7, 11) is 0. The van der Waals surface area contributed by atoms with E-state index in [2.05, 4.69) is 24.4 Å². The molecule has 2 aromatic carbocycles. The highest BCUT2D eigenvalue weighted by molar-refractivity contribution is 6.33. The Morgan fingerprint density at radius 2 is 1.83 bits per heavy atom. The summed E-state index contributed by atoms with van der Waals surface area (Å²) in [4.78, 5) is 25.1. The maximum absolute atomic E-state index is 12.7. The van der Waals surface area contributed by atoms with Crippen molar-refractivity contribution in [3.8, 4) is 0 Å². The fraction of sp³-hybridized carbons (Fsp3) is 0.417. The van der Waals surface area contributed by atoms with Crippen LogP contribution < -0.4 is 5.32 Å². The molecule has 0 saturated heterocycles. The van der Waals surface area contributed by atoms with Crippen molar-refractivity contribution >= 4 is 23.5 Å². The van der Waals surface area contributed by atoms with Crippen LogP contribution in [-0.2, 0) is 11.2 Å². The second-order valence-electron chi connectivity index (χ2n) is 8.19. The van der Waals surface area contributed by atoms with Crippen LogP contribution in [-0.4, -0.2) is 17.5 Å². The molecule has 0 aliphatic heterocycles. The maximum Gasteiger partial charge on any atom is 0.408 e. The third-order valence-corrected chi connectivity index (χ3v) is 4.97. The van der Waals surface area contributed by atoms with E-state index in [-0.39, 0.29) is 18.2 Å². The minimum absolute atomic E-state index is 0.0468. The first-order chi connectivity index (χ1) is 13.6. The summed E-state index contributed by atoms with van der Waals surface area (Å²) in [6, 6.07) is 12.9. The molecule has 1 N–H and O–H groups in total. The number of amides is 1. The molecule has 0 radical (unpaired) electrons. The molecular formula is C24H30ClNO3. The third-order valence-electron chi connectivity index (χ3n) is 4.64. The van der Waals surface area contributed by atoms with Gasteiger partial charge in [0.1, 0.15) is 5.60 Å². The van der Waals surface area contributed by atoms with Gasteiger partial charge in [-0.1, -0.05) is 48.9 Å². The van der Waals surface area contributed by atoms with Gasteiger partial charge in [-0.3, -0.25) is 4.79 Å². The van der Waals surface area contributed by atoms with Crippen LogP contribution in [0.15, 0.2) is 42.5 Å². The number of carbonyl (C=O) groups excluding carboxylic acids is 2. The van der Waals surface area contributed by atoms with Gasteiger partial charge >= 0.3 is 6.09 Å². The second kappa shape index (κ2) is 9.93. The number of rotatable bonds is 7. The second-order valence-corrected chi connectivity index (χ2v) is 8.59. The first-order valence-corrected chi connectivity index (χ1v) is 10.3. The summed E-state index contributed by atoms with van der Waals surface area (Å²) in [5.74, 6) is -0.0468. The first kappa shape index (κ1) is 23.0. The highest BCUT2D eigenvalue weighted by Crippen LogP contribution is 2.26. The van der Waals surface area contributed by atoms with Crippen LogP contribution in [0.5, 0.6) is 0 Å². The van der Waals surface area contributed by atoms with Gasteiger partial charge in [0, 0.05) is 12.0 Å². The summed E-state index contributed by atoms with van der Waals surface area (Å²) >= 11 is 6.16. The molecule has 29 heavy (non-hydrogen) atoms. The zero-order chi connectivity index (χ0) is 21.6. The van der Waals surface area contributed by atoms with Crippen molar-refractivity contribution in [1.29, 1.82) is 0 Å². The largest absolute Gasteiger partial charge is 0.444 e. The van der Waals surface area contributed by atoms with Crippen molar-refractivity contribution in [2.45, 2.75) is 65.5 Å². The van der Waals surface area contributed by atoms with Crippen molar-refractivity contribution in [2.75, 3.05) is 0 Å². The summed E-state index contributed by atoms with van der Waals surface area (Å²) < 4.78 is 5.43. The lowest BCUT2D eigenvalue weighted by atomic mass is 9.93. The Kier molecular flexibility index (Phi) is 7.86. The van der Waals surface area contributed by atoms with Crippen molar-refractivity contribution in [1.82, 2.24) is 5.32 Å². The van der Waals surface area contributed by atoms with Crippen molar-refractivity contribution in [3.63, 3.8) is 0 Å². The van der Waals surface area contributed by atoms with Crippen molar-refractivity contribution in [2.24, 2.45) is 0 Å². The molecule has 0 bridgehead atoms. The third kappa shape index (κ3) is 6.90. The number of nitrogens with one attached hydrogen (secondary N) is 1. The standard InChI is InChI=1S/C24H30ClNO3/c1-6-17-11-12-18(16(2)15-17)21(26-23(28)29-24(3,4)5)13-14-22(27)19-9-7-8-10-20(19)25/h7-12,15,21H,6,13-14H2,1-5H3,(H,26,28). The number of carbonyl (C=O) groups is 2. The van der Waals surface area contributed by atoms with Crippen LogP contribution in [0, 0.1) is 6.92 Å². The number of aryl methyl sites for hydroxylation is 2. The Hall–Kier alpha value is -2.33. The Balaban J connectivity index is 2.21. The molecule has 0 aliphatic carbocycles. The molecule has 1 atom stereocenters. The fourth-order valence-corrected chi connectivity index (χ4v) is 3.44. The van der Waals surface area contributed by atoms with Gasteiger partial charge < -0.3 is 10.1 Å². The number of hydrogen-bond donors (Lipinski definition) is 1. The molecule has 156 valence electrons. The highest BCUT2D eigenvalue weighted by atomic mass is 35.5. The van der Waals surface area contributed by atoms with E-state index in [1.54, 1.807) is 24.3 Å². The van der Waals surface area contributed by atoms with E-state index in [1.165, 1.54) is 5.56 Å². The van der Waals surface area contributed by atoms with Crippen molar-refractivity contribution in [3.05, 3.63) is 69.7 Å². The number of alkyl carbamates (subject to hydrolysis) is 1. The van der Waals surface area contributed by atoms with Gasteiger partial charge in [0.05, 0.1) is 11.1 Å². The van der Waals surface area contributed by atoms with Gasteiger partial charge in [-0.25, -0.2) is 4.79 Å². The normalized spacial score (nSPS) is 12.3. The van der Waals surface area contributed by atoms with Gasteiger partial charge in [0.2, 0.25) is 0 Å². The highest BCUT2D eigenvalue weighted by Gasteiger charge is 2.23. The van der Waals surface area contributed by atoms with Crippen molar-refractivity contribution < 1.29 is 14.3 Å². The average molecular weight is 416 g/mol. The SMILES string of the molecule is CCc1ccc(C(CCC(=O)c2ccccc2Cl)NC(=O)OC(C)(C)C)c(C)c1. The molecule has 0 aromatic heterocycles. The van der Waals surface area contributed by atoms with E-state index in [4.69, 9.17) is 16.3 Å². The lowest BCUT2D eigenvalue weighted by Gasteiger charge is -2.25. The lowest BCUT2D eigenvalue weighted by molar-refractivity contribution is 0.0498. The van der Waals surface area contributed by atoms with Gasteiger partial charge in [-0.15, -0.1) is 0 Å². The number of benzene rings is 2. The zero-order valence-electron chi connectivity index (χ0n) is 17.8. The van der Waals surface area contributed by atoms with Crippen LogP contribution >= 0.6 is 11.6 Å². The number of halogens is 1. The molecule has 1 unspecified atom stereocenters. The molecule has 0 saturated carbocycles. The fourth-order valence-electron chi connectivity index (χ4n) is 3.20. The van der Waals surface area contributed by atoms with Crippen LogP contribution in [0.3, 0.4) is 0 Å². The van der Waals surface area contributed by atoms with Crippen LogP contribution in [0.4, 0.5) is 4.79 Å². The van der Waals surface area contributed by atoms with E-state index in [0.29, 0.717) is 17.0 Å². The Bertz CT molecular complexity index is 871. The van der Waals surface area contributed by atoms with Gasteiger partial charge in [-0.05, 0) is 69.4 Å².